The highest BCUT2D eigenvalue weighted by Gasteiger charge is 2.27. The molecule has 1 aliphatic rings. The highest BCUT2D eigenvalue weighted by atomic mass is 32.2. The number of ketones is 1. The summed E-state index contributed by atoms with van der Waals surface area (Å²) in [7, 11) is 0. The van der Waals surface area contributed by atoms with Gasteiger partial charge in [-0.2, -0.15) is 0 Å². The Hall–Kier alpha value is -0.830. The molecule has 1 aromatic rings. The minimum Gasteiger partial charge on any atom is -0.300 e. The molecule has 0 aliphatic heterocycles. The van der Waals surface area contributed by atoms with Crippen molar-refractivity contribution in [3.8, 4) is 0 Å². The molecule has 1 aliphatic carbocycles. The van der Waals surface area contributed by atoms with Gasteiger partial charge < -0.3 is 0 Å². The molecule has 0 aromatic carbocycles. The number of carbonyl (C=O) groups excluding carboxylic acids is 1. The highest BCUT2D eigenvalue weighted by Crippen LogP contribution is 2.34. The first-order valence-corrected chi connectivity index (χ1v) is 6.23. The maximum Gasteiger partial charge on any atom is 0.134 e. The van der Waals surface area contributed by atoms with Crippen LogP contribution in [-0.4, -0.2) is 16.0 Å². The van der Waals surface area contributed by atoms with E-state index < -0.39 is 0 Å². The number of hydrogen-bond acceptors (Lipinski definition) is 3. The first-order valence-electron chi connectivity index (χ1n) is 5.35. The summed E-state index contributed by atoms with van der Waals surface area (Å²) < 4.78 is 0. The van der Waals surface area contributed by atoms with Gasteiger partial charge in [0.2, 0.25) is 0 Å². The lowest BCUT2D eigenvalue weighted by Gasteiger charge is -2.26. The molecule has 2 atom stereocenters. The predicted octanol–water partition coefficient (Wildman–Crippen LogP) is 2.93. The fourth-order valence-electron chi connectivity index (χ4n) is 1.83. The maximum atomic E-state index is 11.4. The highest BCUT2D eigenvalue weighted by molar-refractivity contribution is 7.99. The van der Waals surface area contributed by atoms with E-state index in [4.69, 9.17) is 0 Å². The average Bonchev–Trinajstić information content (AvgIpc) is 2.25. The first kappa shape index (κ1) is 10.7. The Kier molecular flexibility index (Phi) is 3.41. The molecule has 1 aromatic heterocycles. The summed E-state index contributed by atoms with van der Waals surface area (Å²) in [6, 6.07) is 5.92. The summed E-state index contributed by atoms with van der Waals surface area (Å²) in [6.45, 7) is 2.23. The van der Waals surface area contributed by atoms with Crippen LogP contribution in [0.5, 0.6) is 0 Å². The van der Waals surface area contributed by atoms with E-state index in [1.807, 2.05) is 18.2 Å². The molecular weight excluding hydrogens is 206 g/mol. The third-order valence-electron chi connectivity index (χ3n) is 2.85. The van der Waals surface area contributed by atoms with Crippen molar-refractivity contribution in [3.05, 3.63) is 24.4 Å². The van der Waals surface area contributed by atoms with Gasteiger partial charge in [0, 0.05) is 24.3 Å². The average molecular weight is 221 g/mol. The Morgan fingerprint density at radius 2 is 2.33 bits per heavy atom. The van der Waals surface area contributed by atoms with E-state index in [2.05, 4.69) is 11.9 Å². The maximum absolute atomic E-state index is 11.4. The van der Waals surface area contributed by atoms with Crippen LogP contribution in [0.1, 0.15) is 26.2 Å². The van der Waals surface area contributed by atoms with Crippen LogP contribution in [0, 0.1) is 5.92 Å². The van der Waals surface area contributed by atoms with E-state index in [9.17, 15) is 4.79 Å². The Balaban J connectivity index is 2.01. The standard InChI is InChI=1S/C12H15NOS/c1-9-5-6-10(14)8-11(9)15-12-4-2-3-7-13-12/h2-4,7,9,11H,5-6,8H2,1H3. The second-order valence-electron chi connectivity index (χ2n) is 4.08. The lowest BCUT2D eigenvalue weighted by molar-refractivity contribution is -0.120. The molecule has 80 valence electrons. The Morgan fingerprint density at radius 3 is 3.07 bits per heavy atom. The van der Waals surface area contributed by atoms with Crippen LogP contribution in [0.4, 0.5) is 0 Å². The molecule has 1 saturated carbocycles. The SMILES string of the molecule is CC1CCC(=O)CC1Sc1ccccn1. The third kappa shape index (κ3) is 2.81. The van der Waals surface area contributed by atoms with Crippen molar-refractivity contribution in [1.29, 1.82) is 0 Å². The van der Waals surface area contributed by atoms with E-state index in [0.717, 1.165) is 17.9 Å². The molecule has 0 N–H and O–H groups in total. The fourth-order valence-corrected chi connectivity index (χ4v) is 3.06. The van der Waals surface area contributed by atoms with Gasteiger partial charge in [-0.15, -0.1) is 11.8 Å². The van der Waals surface area contributed by atoms with Crippen molar-refractivity contribution < 1.29 is 4.79 Å². The minimum absolute atomic E-state index is 0.404. The van der Waals surface area contributed by atoms with Gasteiger partial charge in [0.15, 0.2) is 0 Å². The molecule has 2 unspecified atom stereocenters. The van der Waals surface area contributed by atoms with Crippen LogP contribution in [0.2, 0.25) is 0 Å². The quantitative estimate of drug-likeness (QED) is 0.769. The van der Waals surface area contributed by atoms with E-state index in [0.29, 0.717) is 23.4 Å². The molecule has 0 amide bonds. The van der Waals surface area contributed by atoms with Gasteiger partial charge in [-0.1, -0.05) is 13.0 Å². The molecule has 3 heteroatoms. The molecule has 0 spiro atoms. The summed E-state index contributed by atoms with van der Waals surface area (Å²) in [5.41, 5.74) is 0. The van der Waals surface area contributed by atoms with E-state index in [1.54, 1.807) is 18.0 Å². The van der Waals surface area contributed by atoms with Crippen molar-refractivity contribution in [2.45, 2.75) is 36.5 Å². The molecule has 1 heterocycles. The number of hydrogen-bond donors (Lipinski definition) is 0. The summed E-state index contributed by atoms with van der Waals surface area (Å²) in [5.74, 6) is 1.02. The second-order valence-corrected chi connectivity index (χ2v) is 5.34. The van der Waals surface area contributed by atoms with Gasteiger partial charge in [0.05, 0.1) is 5.03 Å². The minimum atomic E-state index is 0.404. The first-order chi connectivity index (χ1) is 7.25. The number of aromatic nitrogens is 1. The second kappa shape index (κ2) is 4.79. The molecular formula is C12H15NOS. The lowest BCUT2D eigenvalue weighted by atomic mass is 9.89. The van der Waals surface area contributed by atoms with Crippen LogP contribution >= 0.6 is 11.8 Å². The number of pyridine rings is 1. The zero-order chi connectivity index (χ0) is 10.7. The molecule has 0 radical (unpaired) electrons. The number of rotatable bonds is 2. The van der Waals surface area contributed by atoms with Crippen LogP contribution in [-0.2, 0) is 4.79 Å². The van der Waals surface area contributed by atoms with Crippen LogP contribution in [0.3, 0.4) is 0 Å². The molecule has 2 rings (SSSR count). The van der Waals surface area contributed by atoms with Crippen molar-refractivity contribution >= 4 is 17.5 Å². The van der Waals surface area contributed by atoms with E-state index in [1.165, 1.54) is 0 Å². The topological polar surface area (TPSA) is 30.0 Å². The van der Waals surface area contributed by atoms with E-state index >= 15 is 0 Å². The molecule has 15 heavy (non-hydrogen) atoms. The van der Waals surface area contributed by atoms with Crippen molar-refractivity contribution in [1.82, 2.24) is 4.98 Å². The number of thioether (sulfide) groups is 1. The summed E-state index contributed by atoms with van der Waals surface area (Å²) in [5, 5.41) is 1.45. The van der Waals surface area contributed by atoms with E-state index in [-0.39, 0.29) is 0 Å². The predicted molar refractivity (Wildman–Crippen MR) is 61.9 cm³/mol. The van der Waals surface area contributed by atoms with Crippen LogP contribution in [0.25, 0.3) is 0 Å². The number of nitrogens with zero attached hydrogens (tertiary/aromatic N) is 1. The summed E-state index contributed by atoms with van der Waals surface area (Å²) in [4.78, 5) is 15.7. The molecule has 0 saturated heterocycles. The number of carbonyl (C=O) groups is 1. The van der Waals surface area contributed by atoms with Crippen molar-refractivity contribution in [2.75, 3.05) is 0 Å². The van der Waals surface area contributed by atoms with Crippen molar-refractivity contribution in [2.24, 2.45) is 5.92 Å². The largest absolute Gasteiger partial charge is 0.300 e. The summed E-state index contributed by atoms with van der Waals surface area (Å²) in [6.07, 6.45) is 4.31. The van der Waals surface area contributed by atoms with Crippen LogP contribution < -0.4 is 0 Å². The molecule has 2 nitrogen and oxygen atoms in total. The van der Waals surface area contributed by atoms with Gasteiger partial charge in [0.25, 0.3) is 0 Å². The molecule has 1 fully saturated rings. The Bertz CT molecular complexity index is 339. The third-order valence-corrected chi connectivity index (χ3v) is 4.27. The zero-order valence-electron chi connectivity index (χ0n) is 8.85. The normalized spacial score (nSPS) is 26.6. The smallest absolute Gasteiger partial charge is 0.134 e. The van der Waals surface area contributed by atoms with Crippen molar-refractivity contribution in [3.63, 3.8) is 0 Å². The van der Waals surface area contributed by atoms with Crippen LogP contribution in [0.15, 0.2) is 29.4 Å². The Labute approximate surface area is 94.5 Å². The van der Waals surface area contributed by atoms with Gasteiger partial charge in [-0.25, -0.2) is 4.98 Å². The Morgan fingerprint density at radius 1 is 1.47 bits per heavy atom. The van der Waals surface area contributed by atoms with Gasteiger partial charge in [-0.3, -0.25) is 4.79 Å². The lowest BCUT2D eigenvalue weighted by Crippen LogP contribution is -2.25. The van der Waals surface area contributed by atoms with Gasteiger partial charge in [-0.05, 0) is 24.5 Å². The molecule has 0 bridgehead atoms. The zero-order valence-corrected chi connectivity index (χ0v) is 9.67. The monoisotopic (exact) mass is 221 g/mol. The van der Waals surface area contributed by atoms with Gasteiger partial charge in [0.1, 0.15) is 5.78 Å². The van der Waals surface area contributed by atoms with Gasteiger partial charge >= 0.3 is 0 Å². The number of Topliss-reactive ketones (excluding diaryl/α,β-unsaturated/α-hetero) is 1. The fraction of sp³-hybridized carbons (Fsp3) is 0.500. The summed E-state index contributed by atoms with van der Waals surface area (Å²) >= 11 is 1.74.